The predicted molar refractivity (Wildman–Crippen MR) is 60.8 cm³/mol. The van der Waals surface area contributed by atoms with E-state index in [2.05, 4.69) is 20.1 Å². The second kappa shape index (κ2) is 6.70. The van der Waals surface area contributed by atoms with E-state index in [4.69, 9.17) is 4.74 Å². The summed E-state index contributed by atoms with van der Waals surface area (Å²) in [7, 11) is 2.80. The minimum absolute atomic E-state index is 0.0158. The molecule has 1 unspecified atom stereocenters. The molecule has 0 saturated carbocycles. The van der Waals surface area contributed by atoms with Crippen molar-refractivity contribution in [2.75, 3.05) is 20.8 Å². The number of carbonyl (C=O) groups is 2. The topological polar surface area (TPSA) is 95.3 Å². The molecule has 1 N–H and O–H groups in total. The van der Waals surface area contributed by atoms with E-state index in [0.717, 1.165) is 0 Å². The number of hydrogen-bond donors (Lipinski definition) is 1. The Balaban J connectivity index is 2.49. The van der Waals surface area contributed by atoms with E-state index in [1.807, 2.05) is 6.92 Å². The van der Waals surface area contributed by atoms with Crippen molar-refractivity contribution in [1.29, 1.82) is 0 Å². The zero-order valence-electron chi connectivity index (χ0n) is 10.5. The van der Waals surface area contributed by atoms with Crippen LogP contribution in [-0.4, -0.2) is 53.5 Å². The third-order valence-electron chi connectivity index (χ3n) is 2.03. The lowest BCUT2D eigenvalue weighted by atomic mass is 10.3. The maximum Gasteiger partial charge on any atom is 0.377 e. The molecule has 1 rings (SSSR count). The number of aromatic nitrogens is 3. The van der Waals surface area contributed by atoms with E-state index < -0.39 is 5.97 Å². The Morgan fingerprint density at radius 1 is 1.50 bits per heavy atom. The first kappa shape index (κ1) is 14.1. The van der Waals surface area contributed by atoms with Crippen molar-refractivity contribution in [3.63, 3.8) is 0 Å². The van der Waals surface area contributed by atoms with Crippen LogP contribution >= 0.6 is 0 Å². The smallest absolute Gasteiger partial charge is 0.377 e. The van der Waals surface area contributed by atoms with Gasteiger partial charge in [-0.2, -0.15) is 0 Å². The highest BCUT2D eigenvalue weighted by atomic mass is 16.5. The largest absolute Gasteiger partial charge is 0.463 e. The Hall–Kier alpha value is -1.96. The summed E-state index contributed by atoms with van der Waals surface area (Å²) >= 11 is 0. The van der Waals surface area contributed by atoms with E-state index in [9.17, 15) is 9.59 Å². The maximum absolute atomic E-state index is 11.6. The average Bonchev–Trinajstić information content (AvgIpc) is 2.76. The van der Waals surface area contributed by atoms with Crippen molar-refractivity contribution in [1.82, 2.24) is 20.1 Å². The van der Waals surface area contributed by atoms with Crippen LogP contribution in [0.3, 0.4) is 0 Å². The quantitative estimate of drug-likeness (QED) is 0.670. The summed E-state index contributed by atoms with van der Waals surface area (Å²) in [4.78, 5) is 26.4. The summed E-state index contributed by atoms with van der Waals surface area (Å²) in [5, 5.41) is 6.53. The van der Waals surface area contributed by atoms with Gasteiger partial charge in [-0.1, -0.05) is 0 Å². The molecule has 0 bridgehead atoms. The Kier molecular flexibility index (Phi) is 5.25. The van der Waals surface area contributed by atoms with E-state index >= 15 is 0 Å². The zero-order chi connectivity index (χ0) is 13.5. The average molecular weight is 256 g/mol. The van der Waals surface area contributed by atoms with Gasteiger partial charge in [0.1, 0.15) is 12.9 Å². The fourth-order valence-electron chi connectivity index (χ4n) is 1.31. The number of carbonyl (C=O) groups excluding carboxylic acids is 2. The first-order valence-electron chi connectivity index (χ1n) is 5.33. The van der Waals surface area contributed by atoms with Gasteiger partial charge in [-0.05, 0) is 6.92 Å². The molecule has 0 spiro atoms. The Morgan fingerprint density at radius 3 is 2.83 bits per heavy atom. The Bertz CT molecular complexity index is 418. The predicted octanol–water partition coefficient (Wildman–Crippen LogP) is -0.784. The molecule has 18 heavy (non-hydrogen) atoms. The lowest BCUT2D eigenvalue weighted by Crippen LogP contribution is -2.37. The lowest BCUT2D eigenvalue weighted by molar-refractivity contribution is -0.122. The fraction of sp³-hybridized carbons (Fsp3) is 0.600. The van der Waals surface area contributed by atoms with Gasteiger partial charge in [0.25, 0.3) is 5.82 Å². The van der Waals surface area contributed by atoms with Crippen molar-refractivity contribution < 1.29 is 19.1 Å². The van der Waals surface area contributed by atoms with Gasteiger partial charge in [-0.15, -0.1) is 5.10 Å². The molecule has 0 fully saturated rings. The van der Waals surface area contributed by atoms with Crippen molar-refractivity contribution in [3.05, 3.63) is 12.2 Å². The van der Waals surface area contributed by atoms with Gasteiger partial charge in [-0.3, -0.25) is 4.79 Å². The van der Waals surface area contributed by atoms with Crippen molar-refractivity contribution in [2.45, 2.75) is 19.5 Å². The van der Waals surface area contributed by atoms with Gasteiger partial charge in [-0.25, -0.2) is 14.5 Å². The van der Waals surface area contributed by atoms with Gasteiger partial charge >= 0.3 is 5.97 Å². The molecule has 1 amide bonds. The van der Waals surface area contributed by atoms with Crippen molar-refractivity contribution in [3.8, 4) is 0 Å². The van der Waals surface area contributed by atoms with Crippen LogP contribution in [0.2, 0.25) is 0 Å². The third-order valence-corrected chi connectivity index (χ3v) is 2.03. The maximum atomic E-state index is 11.6. The van der Waals surface area contributed by atoms with Crippen molar-refractivity contribution >= 4 is 11.9 Å². The molecular weight excluding hydrogens is 240 g/mol. The van der Waals surface area contributed by atoms with Gasteiger partial charge in [0.15, 0.2) is 0 Å². The second-order valence-electron chi connectivity index (χ2n) is 3.68. The molecule has 8 nitrogen and oxygen atoms in total. The van der Waals surface area contributed by atoms with Crippen LogP contribution in [0, 0.1) is 0 Å². The summed E-state index contributed by atoms with van der Waals surface area (Å²) in [6.07, 6.45) is 1.30. The third kappa shape index (κ3) is 4.13. The Labute approximate surface area is 104 Å². The summed E-state index contributed by atoms with van der Waals surface area (Å²) in [5.74, 6) is -0.946. The molecule has 1 atom stereocenters. The normalized spacial score (nSPS) is 11.9. The number of nitrogens with zero attached hydrogens (tertiary/aromatic N) is 3. The lowest BCUT2D eigenvalue weighted by Gasteiger charge is -2.12. The molecule has 1 heterocycles. The molecule has 1 aromatic rings. The van der Waals surface area contributed by atoms with Crippen LogP contribution in [-0.2, 0) is 20.8 Å². The van der Waals surface area contributed by atoms with Gasteiger partial charge in [0.05, 0.1) is 13.7 Å². The minimum Gasteiger partial charge on any atom is -0.463 e. The number of esters is 1. The number of ether oxygens (including phenoxy) is 2. The molecule has 0 saturated heterocycles. The van der Waals surface area contributed by atoms with Gasteiger partial charge in [0.2, 0.25) is 5.91 Å². The molecule has 0 radical (unpaired) electrons. The van der Waals surface area contributed by atoms with Crippen LogP contribution in [0.15, 0.2) is 6.33 Å². The first-order chi connectivity index (χ1) is 8.56. The van der Waals surface area contributed by atoms with E-state index in [1.54, 1.807) is 7.11 Å². The molecule has 0 aromatic carbocycles. The van der Waals surface area contributed by atoms with Crippen LogP contribution in [0.4, 0.5) is 0 Å². The Morgan fingerprint density at radius 2 is 2.22 bits per heavy atom. The first-order valence-corrected chi connectivity index (χ1v) is 5.33. The van der Waals surface area contributed by atoms with Crippen LogP contribution in [0.5, 0.6) is 0 Å². The fourth-order valence-corrected chi connectivity index (χ4v) is 1.31. The summed E-state index contributed by atoms with van der Waals surface area (Å²) in [6.45, 7) is 2.23. The molecule has 100 valence electrons. The molecular formula is C10H16N4O4. The molecule has 1 aromatic heterocycles. The van der Waals surface area contributed by atoms with Crippen LogP contribution in [0.25, 0.3) is 0 Å². The number of hydrogen-bond acceptors (Lipinski definition) is 6. The minimum atomic E-state index is -0.637. The number of methoxy groups -OCH3 is 2. The summed E-state index contributed by atoms with van der Waals surface area (Å²) in [5.41, 5.74) is 0. The highest BCUT2D eigenvalue weighted by molar-refractivity contribution is 5.84. The van der Waals surface area contributed by atoms with Gasteiger partial charge in [0, 0.05) is 13.2 Å². The standard InChI is InChI=1S/C10H16N4O4/c1-7(5-17-2)12-8(15)4-14-6-11-9(13-14)10(16)18-3/h6-7H,4-5H2,1-3H3,(H,12,15). The van der Waals surface area contributed by atoms with Gasteiger partial charge < -0.3 is 14.8 Å². The van der Waals surface area contributed by atoms with Crippen LogP contribution in [0.1, 0.15) is 17.5 Å². The summed E-state index contributed by atoms with van der Waals surface area (Å²) in [6, 6.07) is -0.0916. The second-order valence-corrected chi connectivity index (χ2v) is 3.68. The molecule has 0 aliphatic rings. The number of rotatable bonds is 6. The molecule has 0 aliphatic heterocycles. The zero-order valence-corrected chi connectivity index (χ0v) is 10.5. The SMILES string of the molecule is COCC(C)NC(=O)Cn1cnc(C(=O)OC)n1. The summed E-state index contributed by atoms with van der Waals surface area (Å²) < 4.78 is 10.6. The number of amides is 1. The highest BCUT2D eigenvalue weighted by Crippen LogP contribution is 1.93. The highest BCUT2D eigenvalue weighted by Gasteiger charge is 2.13. The van der Waals surface area contributed by atoms with Crippen LogP contribution < -0.4 is 5.32 Å². The molecule has 0 aliphatic carbocycles. The van der Waals surface area contributed by atoms with Crippen molar-refractivity contribution in [2.24, 2.45) is 0 Å². The van der Waals surface area contributed by atoms with E-state index in [0.29, 0.717) is 6.61 Å². The molecule has 8 heteroatoms. The van der Waals surface area contributed by atoms with E-state index in [1.165, 1.54) is 18.1 Å². The van der Waals surface area contributed by atoms with E-state index in [-0.39, 0.29) is 24.3 Å². The monoisotopic (exact) mass is 256 g/mol. The number of nitrogens with one attached hydrogen (secondary N) is 1.